The zero-order valence-electron chi connectivity index (χ0n) is 8.50. The van der Waals surface area contributed by atoms with Gasteiger partial charge in [-0.05, 0) is 34.1 Å². The maximum Gasteiger partial charge on any atom is 0.250 e. The standard InChI is InChI=1S/C10H12Br2N2O2/c11-7-1-2-8(12)9(5-7)14-10(15)6-16-4-3-13/h1-2,5H,3-4,6,13H2,(H,14,15). The van der Waals surface area contributed by atoms with Gasteiger partial charge in [0, 0.05) is 15.5 Å². The number of hydrogen-bond acceptors (Lipinski definition) is 3. The van der Waals surface area contributed by atoms with Crippen LogP contribution in [0.15, 0.2) is 27.1 Å². The maximum atomic E-state index is 11.4. The normalized spacial score (nSPS) is 10.2. The molecule has 0 bridgehead atoms. The first-order chi connectivity index (χ1) is 7.63. The van der Waals surface area contributed by atoms with Crippen molar-refractivity contribution in [2.45, 2.75) is 0 Å². The highest BCUT2D eigenvalue weighted by molar-refractivity contribution is 9.11. The summed E-state index contributed by atoms with van der Waals surface area (Å²) in [4.78, 5) is 11.4. The average Bonchev–Trinajstić information content (AvgIpc) is 2.24. The van der Waals surface area contributed by atoms with Crippen LogP contribution in [-0.2, 0) is 9.53 Å². The lowest BCUT2D eigenvalue weighted by atomic mass is 10.3. The molecule has 1 rings (SSSR count). The van der Waals surface area contributed by atoms with Gasteiger partial charge in [-0.3, -0.25) is 4.79 Å². The van der Waals surface area contributed by atoms with E-state index in [0.717, 1.165) is 8.95 Å². The smallest absolute Gasteiger partial charge is 0.250 e. The fraction of sp³-hybridized carbons (Fsp3) is 0.300. The summed E-state index contributed by atoms with van der Waals surface area (Å²) < 4.78 is 6.74. The van der Waals surface area contributed by atoms with E-state index in [1.165, 1.54) is 0 Å². The minimum atomic E-state index is -0.202. The van der Waals surface area contributed by atoms with E-state index in [0.29, 0.717) is 18.8 Å². The third kappa shape index (κ3) is 4.61. The van der Waals surface area contributed by atoms with Crippen molar-refractivity contribution >= 4 is 43.5 Å². The van der Waals surface area contributed by atoms with Crippen LogP contribution in [0.1, 0.15) is 0 Å². The number of halogens is 2. The molecule has 0 fully saturated rings. The van der Waals surface area contributed by atoms with E-state index in [1.807, 2.05) is 18.2 Å². The predicted octanol–water partition coefficient (Wildman–Crippen LogP) is 2.13. The Morgan fingerprint density at radius 2 is 2.19 bits per heavy atom. The molecule has 1 aromatic carbocycles. The van der Waals surface area contributed by atoms with Gasteiger partial charge in [-0.25, -0.2) is 0 Å². The molecule has 0 saturated heterocycles. The predicted molar refractivity (Wildman–Crippen MR) is 70.3 cm³/mol. The lowest BCUT2D eigenvalue weighted by Gasteiger charge is -2.08. The van der Waals surface area contributed by atoms with Gasteiger partial charge in [-0.1, -0.05) is 15.9 Å². The number of hydrogen-bond donors (Lipinski definition) is 2. The van der Waals surface area contributed by atoms with E-state index in [9.17, 15) is 4.79 Å². The lowest BCUT2D eigenvalue weighted by molar-refractivity contribution is -0.120. The monoisotopic (exact) mass is 350 g/mol. The van der Waals surface area contributed by atoms with Crippen LogP contribution in [0.3, 0.4) is 0 Å². The van der Waals surface area contributed by atoms with Crippen molar-refractivity contribution in [1.82, 2.24) is 0 Å². The molecule has 0 atom stereocenters. The summed E-state index contributed by atoms with van der Waals surface area (Å²) in [6, 6.07) is 5.54. The van der Waals surface area contributed by atoms with Crippen molar-refractivity contribution in [2.24, 2.45) is 5.73 Å². The SMILES string of the molecule is NCCOCC(=O)Nc1cc(Br)ccc1Br. The number of anilines is 1. The number of amides is 1. The summed E-state index contributed by atoms with van der Waals surface area (Å²) in [6.07, 6.45) is 0. The van der Waals surface area contributed by atoms with Crippen LogP contribution >= 0.6 is 31.9 Å². The summed E-state index contributed by atoms with van der Waals surface area (Å²) in [6.45, 7) is 0.803. The number of ether oxygens (including phenoxy) is 1. The molecular weight excluding hydrogens is 340 g/mol. The highest BCUT2D eigenvalue weighted by Crippen LogP contribution is 2.25. The van der Waals surface area contributed by atoms with Gasteiger partial charge in [0.2, 0.25) is 5.91 Å². The molecule has 0 aliphatic heterocycles. The molecule has 0 heterocycles. The molecule has 1 aromatic rings. The molecule has 0 radical (unpaired) electrons. The first-order valence-corrected chi connectivity index (χ1v) is 6.25. The number of nitrogens with one attached hydrogen (secondary N) is 1. The van der Waals surface area contributed by atoms with E-state index < -0.39 is 0 Å². The van der Waals surface area contributed by atoms with E-state index in [1.54, 1.807) is 0 Å². The van der Waals surface area contributed by atoms with Crippen LogP contribution in [0.25, 0.3) is 0 Å². The van der Waals surface area contributed by atoms with Crippen LogP contribution in [-0.4, -0.2) is 25.7 Å². The van der Waals surface area contributed by atoms with Gasteiger partial charge in [0.25, 0.3) is 0 Å². The number of carbonyl (C=O) groups excluding carboxylic acids is 1. The lowest BCUT2D eigenvalue weighted by Crippen LogP contribution is -2.20. The first-order valence-electron chi connectivity index (χ1n) is 4.66. The summed E-state index contributed by atoms with van der Waals surface area (Å²) in [7, 11) is 0. The Labute approximate surface area is 111 Å². The van der Waals surface area contributed by atoms with Crippen molar-refractivity contribution in [3.8, 4) is 0 Å². The maximum absolute atomic E-state index is 11.4. The van der Waals surface area contributed by atoms with Gasteiger partial charge in [0.15, 0.2) is 0 Å². The largest absolute Gasteiger partial charge is 0.370 e. The Morgan fingerprint density at radius 1 is 1.44 bits per heavy atom. The van der Waals surface area contributed by atoms with Crippen molar-refractivity contribution in [2.75, 3.05) is 25.1 Å². The van der Waals surface area contributed by atoms with Crippen molar-refractivity contribution < 1.29 is 9.53 Å². The average molecular weight is 352 g/mol. The molecule has 0 unspecified atom stereocenters. The summed E-state index contributed by atoms with van der Waals surface area (Å²) in [5.74, 6) is -0.202. The van der Waals surface area contributed by atoms with Gasteiger partial charge in [0.05, 0.1) is 12.3 Å². The molecule has 4 nitrogen and oxygen atoms in total. The number of carbonyl (C=O) groups is 1. The molecule has 6 heteroatoms. The summed E-state index contributed by atoms with van der Waals surface area (Å²) in [5.41, 5.74) is 5.95. The van der Waals surface area contributed by atoms with E-state index >= 15 is 0 Å². The van der Waals surface area contributed by atoms with Gasteiger partial charge >= 0.3 is 0 Å². The Morgan fingerprint density at radius 3 is 2.88 bits per heavy atom. The summed E-state index contributed by atoms with van der Waals surface area (Å²) in [5, 5.41) is 2.73. The minimum Gasteiger partial charge on any atom is -0.370 e. The van der Waals surface area contributed by atoms with Gasteiger partial charge in [-0.2, -0.15) is 0 Å². The second kappa shape index (κ2) is 7.01. The van der Waals surface area contributed by atoms with Crippen molar-refractivity contribution in [1.29, 1.82) is 0 Å². The molecule has 0 saturated carbocycles. The number of rotatable bonds is 5. The molecule has 16 heavy (non-hydrogen) atoms. The quantitative estimate of drug-likeness (QED) is 0.798. The Bertz CT molecular complexity index is 372. The zero-order valence-corrected chi connectivity index (χ0v) is 11.7. The molecule has 0 aliphatic rings. The molecule has 0 aromatic heterocycles. The van der Waals surface area contributed by atoms with E-state index in [2.05, 4.69) is 37.2 Å². The second-order valence-corrected chi connectivity index (χ2v) is 4.78. The number of nitrogens with two attached hydrogens (primary N) is 1. The summed E-state index contributed by atoms with van der Waals surface area (Å²) >= 11 is 6.67. The Balaban J connectivity index is 2.52. The van der Waals surface area contributed by atoms with Crippen LogP contribution in [0.2, 0.25) is 0 Å². The Kier molecular flexibility index (Phi) is 5.97. The minimum absolute atomic E-state index is 0.0101. The second-order valence-electron chi connectivity index (χ2n) is 3.01. The molecule has 0 aliphatic carbocycles. The highest BCUT2D eigenvalue weighted by atomic mass is 79.9. The first kappa shape index (κ1) is 13.6. The molecule has 3 N–H and O–H groups in total. The van der Waals surface area contributed by atoms with E-state index in [-0.39, 0.29) is 12.5 Å². The van der Waals surface area contributed by atoms with Crippen LogP contribution in [0.4, 0.5) is 5.69 Å². The van der Waals surface area contributed by atoms with Gasteiger partial charge in [0.1, 0.15) is 6.61 Å². The fourth-order valence-corrected chi connectivity index (χ4v) is 1.73. The van der Waals surface area contributed by atoms with Gasteiger partial charge < -0.3 is 15.8 Å². The van der Waals surface area contributed by atoms with Crippen LogP contribution < -0.4 is 11.1 Å². The van der Waals surface area contributed by atoms with Crippen molar-refractivity contribution in [3.63, 3.8) is 0 Å². The highest BCUT2D eigenvalue weighted by Gasteiger charge is 2.05. The zero-order chi connectivity index (χ0) is 12.0. The van der Waals surface area contributed by atoms with Crippen LogP contribution in [0.5, 0.6) is 0 Å². The van der Waals surface area contributed by atoms with Crippen molar-refractivity contribution in [3.05, 3.63) is 27.1 Å². The third-order valence-electron chi connectivity index (χ3n) is 1.70. The van der Waals surface area contributed by atoms with E-state index in [4.69, 9.17) is 10.5 Å². The van der Waals surface area contributed by atoms with Gasteiger partial charge in [-0.15, -0.1) is 0 Å². The molecule has 0 spiro atoms. The third-order valence-corrected chi connectivity index (χ3v) is 2.88. The number of benzene rings is 1. The fourth-order valence-electron chi connectivity index (χ4n) is 1.03. The van der Waals surface area contributed by atoms with Crippen LogP contribution in [0, 0.1) is 0 Å². The topological polar surface area (TPSA) is 64.3 Å². The molecule has 88 valence electrons. The Hall–Kier alpha value is -0.430. The molecular formula is C10H12Br2N2O2. The molecule has 1 amide bonds.